The molecular weight excluding hydrogens is 422 g/mol. The molecule has 0 fully saturated rings. The van der Waals surface area contributed by atoms with E-state index in [-0.39, 0.29) is 18.3 Å². The van der Waals surface area contributed by atoms with Gasteiger partial charge in [0.25, 0.3) is 0 Å². The van der Waals surface area contributed by atoms with Crippen LogP contribution < -0.4 is 0 Å². The number of phenols is 1. The predicted molar refractivity (Wildman–Crippen MR) is 122 cm³/mol. The van der Waals surface area contributed by atoms with Crippen molar-refractivity contribution in [2.75, 3.05) is 6.54 Å². The number of nitrogens with zero attached hydrogens (tertiary/aromatic N) is 1. The van der Waals surface area contributed by atoms with E-state index in [4.69, 9.17) is 0 Å². The second-order valence-corrected chi connectivity index (χ2v) is 8.50. The summed E-state index contributed by atoms with van der Waals surface area (Å²) in [6.45, 7) is 10.2. The Morgan fingerprint density at radius 2 is 1.56 bits per heavy atom. The Labute approximate surface area is 179 Å². The Balaban J connectivity index is 0.00000364. The zero-order valence-corrected chi connectivity index (χ0v) is 19.3. The highest BCUT2D eigenvalue weighted by Crippen LogP contribution is 2.36. The van der Waals surface area contributed by atoms with Crippen LogP contribution in [0.1, 0.15) is 64.0 Å². The van der Waals surface area contributed by atoms with Crippen LogP contribution in [0.2, 0.25) is 0 Å². The lowest BCUT2D eigenvalue weighted by molar-refractivity contribution is 0.171. The molecule has 2 rings (SSSR count). The minimum absolute atomic E-state index is 0. The normalized spacial score (nSPS) is 12.4. The lowest BCUT2D eigenvalue weighted by atomic mass is 9.86. The van der Waals surface area contributed by atoms with Gasteiger partial charge in [0.05, 0.1) is 0 Å². The van der Waals surface area contributed by atoms with Gasteiger partial charge in [-0.05, 0) is 70.8 Å². The number of halogens is 2. The SMILES string of the molecule is CC(C)N(CCCCC(c1ccccc1)c1cc(Br)ccc1O)C(C)C.Cl. The number of rotatable bonds is 9. The molecule has 1 unspecified atom stereocenters. The smallest absolute Gasteiger partial charge is 0.119 e. The molecule has 2 aromatic rings. The van der Waals surface area contributed by atoms with Gasteiger partial charge in [-0.2, -0.15) is 0 Å². The summed E-state index contributed by atoms with van der Waals surface area (Å²) in [6, 6.07) is 17.4. The van der Waals surface area contributed by atoms with E-state index in [0.29, 0.717) is 17.8 Å². The van der Waals surface area contributed by atoms with E-state index in [2.05, 4.69) is 78.9 Å². The molecule has 0 aliphatic rings. The Morgan fingerprint density at radius 1 is 0.926 bits per heavy atom. The summed E-state index contributed by atoms with van der Waals surface area (Å²) in [7, 11) is 0. The molecule has 27 heavy (non-hydrogen) atoms. The van der Waals surface area contributed by atoms with Crippen LogP contribution in [0.15, 0.2) is 53.0 Å². The molecule has 0 amide bonds. The van der Waals surface area contributed by atoms with Gasteiger partial charge in [-0.3, -0.25) is 4.90 Å². The standard InChI is InChI=1S/C23H32BrNO.ClH/c1-17(2)25(18(3)4)15-9-8-12-21(19-10-6-5-7-11-19)22-16-20(24)13-14-23(22)26;/h5-7,10-11,13-14,16-18,21,26H,8-9,12,15H2,1-4H3;1H. The van der Waals surface area contributed by atoms with Crippen molar-refractivity contribution >= 4 is 28.3 Å². The first-order valence-corrected chi connectivity index (χ1v) is 10.5. The first kappa shape index (κ1) is 24.0. The van der Waals surface area contributed by atoms with Gasteiger partial charge in [0, 0.05) is 28.0 Å². The van der Waals surface area contributed by atoms with Crippen molar-refractivity contribution in [3.63, 3.8) is 0 Å². The number of hydrogen-bond acceptors (Lipinski definition) is 2. The zero-order valence-electron chi connectivity index (χ0n) is 16.9. The van der Waals surface area contributed by atoms with Gasteiger partial charge in [0.2, 0.25) is 0 Å². The van der Waals surface area contributed by atoms with Gasteiger partial charge in [0.1, 0.15) is 5.75 Å². The summed E-state index contributed by atoms with van der Waals surface area (Å²) in [5.41, 5.74) is 2.28. The molecule has 2 nitrogen and oxygen atoms in total. The second kappa shape index (κ2) is 11.7. The van der Waals surface area contributed by atoms with Crippen LogP contribution in [-0.4, -0.2) is 28.6 Å². The van der Waals surface area contributed by atoms with Gasteiger partial charge < -0.3 is 5.11 Å². The molecule has 0 radical (unpaired) electrons. The third-order valence-corrected chi connectivity index (χ3v) is 5.55. The van der Waals surface area contributed by atoms with Crippen molar-refractivity contribution in [1.29, 1.82) is 0 Å². The Hall–Kier alpha value is -1.03. The summed E-state index contributed by atoms with van der Waals surface area (Å²) in [5, 5.41) is 10.4. The van der Waals surface area contributed by atoms with Crippen molar-refractivity contribution < 1.29 is 5.11 Å². The van der Waals surface area contributed by atoms with Crippen LogP contribution in [0.3, 0.4) is 0 Å². The summed E-state index contributed by atoms with van der Waals surface area (Å²) < 4.78 is 1.01. The van der Waals surface area contributed by atoms with Crippen molar-refractivity contribution in [2.45, 2.75) is 65.0 Å². The van der Waals surface area contributed by atoms with Crippen LogP contribution in [0, 0.1) is 0 Å². The maximum atomic E-state index is 10.4. The van der Waals surface area contributed by atoms with E-state index >= 15 is 0 Å². The summed E-state index contributed by atoms with van der Waals surface area (Å²) >= 11 is 3.55. The van der Waals surface area contributed by atoms with Crippen LogP contribution >= 0.6 is 28.3 Å². The molecule has 0 heterocycles. The molecule has 0 saturated heterocycles. The molecule has 0 aliphatic carbocycles. The first-order chi connectivity index (χ1) is 12.4. The number of hydrogen-bond donors (Lipinski definition) is 1. The maximum Gasteiger partial charge on any atom is 0.119 e. The number of benzene rings is 2. The van der Waals surface area contributed by atoms with E-state index in [0.717, 1.165) is 29.4 Å². The Bertz CT molecular complexity index is 667. The minimum atomic E-state index is 0. The molecule has 0 aliphatic heterocycles. The molecule has 1 atom stereocenters. The number of aromatic hydroxyl groups is 1. The molecule has 0 spiro atoms. The fraction of sp³-hybridized carbons (Fsp3) is 0.478. The van der Waals surface area contributed by atoms with Crippen molar-refractivity contribution in [3.8, 4) is 5.75 Å². The molecule has 0 bridgehead atoms. The predicted octanol–water partition coefficient (Wildman–Crippen LogP) is 7.00. The average Bonchev–Trinajstić information content (AvgIpc) is 2.60. The van der Waals surface area contributed by atoms with Gasteiger partial charge in [0.15, 0.2) is 0 Å². The zero-order chi connectivity index (χ0) is 19.1. The number of unbranched alkanes of at least 4 members (excludes halogenated alkanes) is 1. The van der Waals surface area contributed by atoms with Crippen molar-refractivity contribution in [2.24, 2.45) is 0 Å². The molecule has 2 aromatic carbocycles. The molecule has 4 heteroatoms. The van der Waals surface area contributed by atoms with E-state index in [1.54, 1.807) is 6.07 Å². The topological polar surface area (TPSA) is 23.5 Å². The Kier molecular flexibility index (Phi) is 10.4. The summed E-state index contributed by atoms with van der Waals surface area (Å²) in [6.07, 6.45) is 3.36. The lowest BCUT2D eigenvalue weighted by Gasteiger charge is -2.30. The van der Waals surface area contributed by atoms with Gasteiger partial charge in [-0.1, -0.05) is 52.7 Å². The molecule has 0 saturated carbocycles. The molecule has 150 valence electrons. The third kappa shape index (κ3) is 7.14. The van der Waals surface area contributed by atoms with Gasteiger partial charge in [-0.15, -0.1) is 12.4 Å². The molecule has 1 N–H and O–H groups in total. The van der Waals surface area contributed by atoms with Crippen LogP contribution in [0.5, 0.6) is 5.75 Å². The monoisotopic (exact) mass is 453 g/mol. The minimum Gasteiger partial charge on any atom is -0.508 e. The van der Waals surface area contributed by atoms with E-state index in [1.165, 1.54) is 12.0 Å². The van der Waals surface area contributed by atoms with Crippen molar-refractivity contribution in [3.05, 3.63) is 64.1 Å². The molecule has 0 aromatic heterocycles. The highest BCUT2D eigenvalue weighted by molar-refractivity contribution is 9.10. The third-order valence-electron chi connectivity index (χ3n) is 5.05. The van der Waals surface area contributed by atoms with E-state index in [9.17, 15) is 5.11 Å². The van der Waals surface area contributed by atoms with E-state index in [1.807, 2.05) is 12.1 Å². The highest BCUT2D eigenvalue weighted by Gasteiger charge is 2.19. The van der Waals surface area contributed by atoms with Gasteiger partial charge in [-0.25, -0.2) is 0 Å². The average molecular weight is 455 g/mol. The largest absolute Gasteiger partial charge is 0.508 e. The van der Waals surface area contributed by atoms with E-state index < -0.39 is 0 Å². The van der Waals surface area contributed by atoms with Crippen LogP contribution in [0.4, 0.5) is 0 Å². The fourth-order valence-corrected chi connectivity index (χ4v) is 4.13. The second-order valence-electron chi connectivity index (χ2n) is 7.59. The Morgan fingerprint density at radius 3 is 2.15 bits per heavy atom. The summed E-state index contributed by atoms with van der Waals surface area (Å²) in [4.78, 5) is 2.55. The number of phenolic OH excluding ortho intramolecular Hbond substituents is 1. The fourth-order valence-electron chi connectivity index (χ4n) is 3.75. The quantitative estimate of drug-likeness (QED) is 0.412. The van der Waals surface area contributed by atoms with Crippen molar-refractivity contribution in [1.82, 2.24) is 4.90 Å². The maximum absolute atomic E-state index is 10.4. The molecular formula is C23H33BrClNO. The first-order valence-electron chi connectivity index (χ1n) is 9.69. The summed E-state index contributed by atoms with van der Waals surface area (Å²) in [5.74, 6) is 0.605. The van der Waals surface area contributed by atoms with Crippen LogP contribution in [0.25, 0.3) is 0 Å². The van der Waals surface area contributed by atoms with Gasteiger partial charge >= 0.3 is 0 Å². The van der Waals surface area contributed by atoms with Crippen LogP contribution in [-0.2, 0) is 0 Å². The lowest BCUT2D eigenvalue weighted by Crippen LogP contribution is -2.37. The highest BCUT2D eigenvalue weighted by atomic mass is 79.9.